The number of hydrogen-bond donors (Lipinski definition) is 4. The molecule has 0 atom stereocenters. The van der Waals surface area contributed by atoms with E-state index in [4.69, 9.17) is 25.7 Å². The van der Waals surface area contributed by atoms with Crippen LogP contribution >= 0.6 is 24.8 Å². The Labute approximate surface area is 365 Å². The summed E-state index contributed by atoms with van der Waals surface area (Å²) >= 11 is 0. The molecule has 1 aliphatic heterocycles. The molecule has 0 bridgehead atoms. The largest absolute Gasteiger partial charge is 1.00 e. The Kier molecular flexibility index (Phi) is 70.8. The van der Waals surface area contributed by atoms with E-state index >= 15 is 0 Å². The molecule has 0 aromatic carbocycles. The van der Waals surface area contributed by atoms with Gasteiger partial charge in [-0.3, -0.25) is 38.8 Å². The number of nitrogens with one attached hydrogen (secondary N) is 4. The molecule has 0 spiro atoms. The van der Waals surface area contributed by atoms with Crippen molar-refractivity contribution >= 4 is 54.2 Å². The zero-order valence-electron chi connectivity index (χ0n) is 30.2. The van der Waals surface area contributed by atoms with Gasteiger partial charge in [0, 0.05) is 93.2 Å². The second-order valence-electron chi connectivity index (χ2n) is 9.94. The summed E-state index contributed by atoms with van der Waals surface area (Å²) in [6.07, 6.45) is 21.0. The van der Waals surface area contributed by atoms with Gasteiger partial charge in [-0.1, -0.05) is 23.7 Å². The third kappa shape index (κ3) is 45.7. The number of ketones is 1. The van der Waals surface area contributed by atoms with Gasteiger partial charge < -0.3 is 65.8 Å². The van der Waals surface area contributed by atoms with E-state index in [1.807, 2.05) is 19.6 Å². The molecule has 308 valence electrons. The predicted molar refractivity (Wildman–Crippen MR) is 203 cm³/mol. The van der Waals surface area contributed by atoms with Crippen molar-refractivity contribution < 1.29 is 105 Å². The number of amides is 4. The monoisotopic (exact) mass is 950 g/mol. The number of carbonyl (C=O) groups excluding carboxylic acids is 5. The van der Waals surface area contributed by atoms with Crippen LogP contribution in [0.25, 0.3) is 0 Å². The molecule has 1 fully saturated rings. The zero-order chi connectivity index (χ0) is 33.2. The first-order valence-corrected chi connectivity index (χ1v) is 14.2. The third-order valence-corrected chi connectivity index (χ3v) is 5.95. The first-order valence-electron chi connectivity index (χ1n) is 14.2. The normalized spacial score (nSPS) is 12.5. The number of hydrogen-bond acceptors (Lipinski definition) is 9. The van der Waals surface area contributed by atoms with E-state index in [1.165, 1.54) is 13.8 Å². The minimum atomic E-state index is -0.217. The zero-order valence-corrected chi connectivity index (χ0v) is 35.8. The fourth-order valence-corrected chi connectivity index (χ4v) is 3.85. The summed E-state index contributed by atoms with van der Waals surface area (Å²) in [5.41, 5.74) is 0. The van der Waals surface area contributed by atoms with E-state index in [1.54, 1.807) is 0 Å². The van der Waals surface area contributed by atoms with Crippen LogP contribution in [0.2, 0.25) is 0 Å². The summed E-state index contributed by atoms with van der Waals surface area (Å²) in [6.45, 7) is 7.81. The number of halogens is 3. The van der Waals surface area contributed by atoms with Gasteiger partial charge in [-0.05, 0) is 13.8 Å². The third-order valence-electron chi connectivity index (χ3n) is 5.95. The Morgan fingerprint density at radius 1 is 0.472 bits per heavy atom. The van der Waals surface area contributed by atoms with Crippen LogP contribution in [0.4, 0.5) is 0 Å². The van der Waals surface area contributed by atoms with Gasteiger partial charge in [0.15, 0.2) is 0 Å². The molecule has 0 radical (unpaired) electrons. The smallest absolute Gasteiger partial charge is 0.234 e. The minimum absolute atomic E-state index is 0. The number of terminal acetylenes is 4. The topological polar surface area (TPSA) is 305 Å². The van der Waals surface area contributed by atoms with Gasteiger partial charge in [-0.25, -0.2) is 0 Å². The molecule has 53 heavy (non-hydrogen) atoms. The van der Waals surface area contributed by atoms with Crippen molar-refractivity contribution in [1.82, 2.24) is 40.9 Å². The SMILES string of the molecule is C#CCNC(=O)CN1CCN(CC(=O)NCC#C)CCN(CC(=O)NCC#C)CCN(CC(=O)NCC#C)CC1.CC(C)=O.Cl.Cl.O.O.O.O.[Cl-].[Nd].[OH3+]. The average Bonchev–Trinajstić information content (AvgIpc) is 2.97. The van der Waals surface area contributed by atoms with Crippen molar-refractivity contribution in [2.24, 2.45) is 0 Å². The molecule has 15 N–H and O–H groups in total. The second kappa shape index (κ2) is 49.7. The van der Waals surface area contributed by atoms with Crippen molar-refractivity contribution in [3.05, 3.63) is 0 Å². The van der Waals surface area contributed by atoms with Crippen LogP contribution < -0.4 is 33.7 Å². The molecular weight excluding hydrogens is 895 g/mol. The molecule has 0 aromatic rings. The molecular formula is C31H59Cl3N8NdO10. The molecule has 0 aliphatic carbocycles. The van der Waals surface area contributed by atoms with Crippen LogP contribution in [0.1, 0.15) is 13.8 Å². The summed E-state index contributed by atoms with van der Waals surface area (Å²) in [5.74, 6) is 8.84. The summed E-state index contributed by atoms with van der Waals surface area (Å²) in [4.78, 5) is 67.0. The molecule has 1 aliphatic rings. The maximum atomic E-state index is 12.4. The van der Waals surface area contributed by atoms with Gasteiger partial charge in [-0.2, -0.15) is 0 Å². The van der Waals surface area contributed by atoms with E-state index in [9.17, 15) is 24.0 Å². The summed E-state index contributed by atoms with van der Waals surface area (Å²) in [6, 6.07) is 0. The number of rotatable bonds is 12. The molecule has 4 amide bonds. The molecule has 1 saturated heterocycles. The molecule has 0 unspecified atom stereocenters. The van der Waals surface area contributed by atoms with E-state index < -0.39 is 0 Å². The Bertz CT molecular complexity index is 955. The van der Waals surface area contributed by atoms with Crippen molar-refractivity contribution in [2.75, 3.05) is 105 Å². The summed E-state index contributed by atoms with van der Waals surface area (Å²) in [7, 11) is 0. The molecule has 1 heterocycles. The maximum absolute atomic E-state index is 12.4. The molecule has 0 saturated carbocycles. The van der Waals surface area contributed by atoms with Crippen molar-refractivity contribution in [3.63, 3.8) is 0 Å². The first kappa shape index (κ1) is 75.6. The van der Waals surface area contributed by atoms with Crippen LogP contribution in [0.3, 0.4) is 0 Å². The molecule has 1 rings (SSSR count). The minimum Gasteiger partial charge on any atom is -1.00 e. The molecule has 18 nitrogen and oxygen atoms in total. The average molecular weight is 954 g/mol. The number of carbonyl (C=O) groups is 5. The molecule has 0 aromatic heterocycles. The number of nitrogens with zero attached hydrogens (tertiary/aromatic N) is 4. The fourth-order valence-electron chi connectivity index (χ4n) is 3.85. The van der Waals surface area contributed by atoms with Crippen molar-refractivity contribution in [1.29, 1.82) is 0 Å². The quantitative estimate of drug-likeness (QED) is 0.107. The fraction of sp³-hybridized carbons (Fsp3) is 0.581. The second-order valence-corrected chi connectivity index (χ2v) is 9.94. The Morgan fingerprint density at radius 3 is 0.717 bits per heavy atom. The summed E-state index contributed by atoms with van der Waals surface area (Å²) < 4.78 is 0. The summed E-state index contributed by atoms with van der Waals surface area (Å²) in [5, 5.41) is 10.7. The maximum Gasteiger partial charge on any atom is 0.234 e. The Balaban J connectivity index is -0.000000169. The van der Waals surface area contributed by atoms with E-state index in [-0.39, 0.29) is 187 Å². The van der Waals surface area contributed by atoms with Crippen LogP contribution in [0.5, 0.6) is 0 Å². The van der Waals surface area contributed by atoms with Crippen LogP contribution in [0.15, 0.2) is 0 Å². The van der Waals surface area contributed by atoms with Crippen molar-refractivity contribution in [2.45, 2.75) is 13.8 Å². The first-order chi connectivity index (χ1) is 21.0. The Hall–Kier alpha value is -2.35. The number of Topliss-reactive ketones (excluding diaryl/α,β-unsaturated/α-hetero) is 1. The standard InChI is InChI=1S/C28H40N8O4.C3H6O.3ClH.Nd.5H2O/c1-5-9-29-25(37)21-33-13-15-34(22-26(38)30-10-6-2)17-19-36(24-28(40)32-12-8-4)20-18-35(16-14-33)23-27(39)31-11-7-3;1-3(2)4;;;;;;;;;/h1-4H,9-24H2,(H,29,37)(H,30,38)(H,31,39)(H,32,40);1-2H3;3*1H;;5*1H2. The van der Waals surface area contributed by atoms with E-state index in [2.05, 4.69) is 44.9 Å². The van der Waals surface area contributed by atoms with Gasteiger partial charge >= 0.3 is 0 Å². The van der Waals surface area contributed by atoms with Crippen LogP contribution in [-0.2, 0) is 29.4 Å². The Morgan fingerprint density at radius 2 is 0.604 bits per heavy atom. The van der Waals surface area contributed by atoms with Gasteiger partial charge in [-0.15, -0.1) is 50.5 Å². The van der Waals surface area contributed by atoms with E-state index in [0.717, 1.165) is 0 Å². The van der Waals surface area contributed by atoms with Gasteiger partial charge in [0.05, 0.1) is 52.4 Å². The van der Waals surface area contributed by atoms with Gasteiger partial charge in [0.25, 0.3) is 0 Å². The van der Waals surface area contributed by atoms with Crippen LogP contribution in [0, 0.1) is 90.2 Å². The van der Waals surface area contributed by atoms with Crippen LogP contribution in [-0.4, -0.2) is 176 Å². The van der Waals surface area contributed by atoms with Gasteiger partial charge in [0.2, 0.25) is 23.6 Å². The molecule has 22 heteroatoms. The van der Waals surface area contributed by atoms with Gasteiger partial charge in [0.1, 0.15) is 5.78 Å². The van der Waals surface area contributed by atoms with Crippen molar-refractivity contribution in [3.8, 4) is 49.4 Å². The predicted octanol–water partition coefficient (Wildman–Crippen LogP) is -9.57. The van der Waals surface area contributed by atoms with E-state index in [0.29, 0.717) is 52.4 Å².